The van der Waals surface area contributed by atoms with Crippen molar-refractivity contribution in [1.29, 1.82) is 0 Å². The van der Waals surface area contributed by atoms with Crippen LogP contribution in [0.25, 0.3) is 0 Å². The van der Waals surface area contributed by atoms with Crippen LogP contribution in [-0.4, -0.2) is 56.6 Å². The summed E-state index contributed by atoms with van der Waals surface area (Å²) in [5.41, 5.74) is -3.43. The molecule has 0 spiro atoms. The van der Waals surface area contributed by atoms with Crippen molar-refractivity contribution in [2.75, 3.05) is 6.61 Å². The van der Waals surface area contributed by atoms with Crippen LogP contribution in [0, 0.1) is 28.6 Å². The number of ether oxygens (including phenoxy) is 1. The summed E-state index contributed by atoms with van der Waals surface area (Å²) in [6.07, 6.45) is 2.68. The molecule has 0 aromatic carbocycles. The lowest BCUT2D eigenvalue weighted by Crippen LogP contribution is -2.70. The number of carbonyl (C=O) groups is 3. The quantitative estimate of drug-likeness (QED) is 0.445. The number of alkyl halides is 2. The number of fused-ring (bicyclic) bond motifs is 5. The van der Waals surface area contributed by atoms with Gasteiger partial charge >= 0.3 is 5.97 Å². The molecule has 0 aliphatic heterocycles. The molecule has 176 valence electrons. The summed E-state index contributed by atoms with van der Waals surface area (Å²) < 4.78 is 19.4. The standard InChI is InChI=1S/C24H30BrFO6/c1-12-7-15-16-9-18(26)17-8-14(28)5-6-21(17,3)23(16,25)19(29)10-22(15,4)24(12,31)20(30)11-32-13(2)27/h5-6,8,12,15-16,18-19,29,31H,7,9-11H2,1-4H3/t12-,15+,16+,18+,19+,21+,22+,23+,24+/m1/s1. The van der Waals surface area contributed by atoms with Crippen LogP contribution in [0.4, 0.5) is 4.39 Å². The van der Waals surface area contributed by atoms with Crippen molar-refractivity contribution < 1.29 is 33.7 Å². The van der Waals surface area contributed by atoms with Crippen molar-refractivity contribution in [2.24, 2.45) is 28.6 Å². The summed E-state index contributed by atoms with van der Waals surface area (Å²) in [4.78, 5) is 36.4. The molecule has 3 saturated carbocycles. The summed E-state index contributed by atoms with van der Waals surface area (Å²) in [6.45, 7) is 6.04. The Bertz CT molecular complexity index is 947. The van der Waals surface area contributed by atoms with Crippen molar-refractivity contribution in [1.82, 2.24) is 0 Å². The zero-order chi connectivity index (χ0) is 23.9. The molecule has 4 aliphatic rings. The number of hydrogen-bond acceptors (Lipinski definition) is 6. The van der Waals surface area contributed by atoms with Gasteiger partial charge in [-0.15, -0.1) is 0 Å². The number of ketones is 2. The molecule has 3 fully saturated rings. The predicted molar refractivity (Wildman–Crippen MR) is 118 cm³/mol. The van der Waals surface area contributed by atoms with Gasteiger partial charge in [-0.2, -0.15) is 0 Å². The van der Waals surface area contributed by atoms with Crippen LogP contribution >= 0.6 is 15.9 Å². The van der Waals surface area contributed by atoms with Gasteiger partial charge in [-0.25, -0.2) is 4.39 Å². The maximum atomic E-state index is 15.5. The molecule has 6 nitrogen and oxygen atoms in total. The Morgan fingerprint density at radius 3 is 2.56 bits per heavy atom. The molecule has 0 amide bonds. The third-order valence-electron chi connectivity index (χ3n) is 9.04. The van der Waals surface area contributed by atoms with Crippen LogP contribution in [0.3, 0.4) is 0 Å². The highest BCUT2D eigenvalue weighted by Crippen LogP contribution is 2.72. The Morgan fingerprint density at radius 1 is 1.28 bits per heavy atom. The summed E-state index contributed by atoms with van der Waals surface area (Å²) in [5, 5.41) is 23.3. The predicted octanol–water partition coefficient (Wildman–Crippen LogP) is 2.84. The lowest BCUT2D eigenvalue weighted by Gasteiger charge is -2.64. The Labute approximate surface area is 195 Å². The van der Waals surface area contributed by atoms with Crippen LogP contribution in [0.1, 0.15) is 47.0 Å². The van der Waals surface area contributed by atoms with E-state index >= 15 is 4.39 Å². The van der Waals surface area contributed by atoms with E-state index in [1.54, 1.807) is 19.9 Å². The molecule has 0 aromatic heterocycles. The molecule has 0 bridgehead atoms. The van der Waals surface area contributed by atoms with E-state index in [0.29, 0.717) is 12.0 Å². The molecule has 0 unspecified atom stereocenters. The molecular weight excluding hydrogens is 483 g/mol. The molecule has 8 heteroatoms. The molecule has 2 N–H and O–H groups in total. The Balaban J connectivity index is 1.79. The third-order valence-corrected chi connectivity index (χ3v) is 11.0. The van der Waals surface area contributed by atoms with Crippen LogP contribution in [0.5, 0.6) is 0 Å². The van der Waals surface area contributed by atoms with E-state index in [-0.39, 0.29) is 24.5 Å². The van der Waals surface area contributed by atoms with Crippen molar-refractivity contribution in [3.05, 3.63) is 23.8 Å². The van der Waals surface area contributed by atoms with Gasteiger partial charge in [0.15, 0.2) is 12.4 Å². The van der Waals surface area contributed by atoms with E-state index in [1.807, 2.05) is 6.92 Å². The Hall–Kier alpha value is -1.38. The second kappa shape index (κ2) is 7.31. The highest BCUT2D eigenvalue weighted by molar-refractivity contribution is 9.10. The highest BCUT2D eigenvalue weighted by Gasteiger charge is 2.75. The SMILES string of the molecule is CC(=O)OCC(=O)[C@@]1(O)[C@H](C)C[C@H]2[C@@H]3C[C@H](F)C4=CC(=O)C=C[C@]4(C)[C@@]3(Br)[C@@H](O)C[C@@]21C. The average molecular weight is 513 g/mol. The Morgan fingerprint density at radius 2 is 1.94 bits per heavy atom. The minimum absolute atomic E-state index is 0.0754. The first-order valence-electron chi connectivity index (χ1n) is 11.1. The van der Waals surface area contributed by atoms with Gasteiger partial charge in [-0.3, -0.25) is 14.4 Å². The van der Waals surface area contributed by atoms with Gasteiger partial charge in [0.1, 0.15) is 11.8 Å². The first-order valence-corrected chi connectivity index (χ1v) is 11.9. The monoisotopic (exact) mass is 512 g/mol. The number of hydrogen-bond donors (Lipinski definition) is 2. The minimum atomic E-state index is -1.82. The van der Waals surface area contributed by atoms with Crippen molar-refractivity contribution in [2.45, 2.75) is 69.2 Å². The third kappa shape index (κ3) is 2.78. The molecule has 9 atom stereocenters. The topological polar surface area (TPSA) is 101 Å². The zero-order valence-electron chi connectivity index (χ0n) is 18.7. The summed E-state index contributed by atoms with van der Waals surface area (Å²) in [7, 11) is 0. The number of aliphatic hydroxyl groups excluding tert-OH is 1. The highest BCUT2D eigenvalue weighted by atomic mass is 79.9. The first-order chi connectivity index (χ1) is 14.7. The Kier molecular flexibility index (Phi) is 5.43. The van der Waals surface area contributed by atoms with E-state index in [1.165, 1.54) is 19.1 Å². The first kappa shape index (κ1) is 23.8. The molecule has 0 radical (unpaired) electrons. The van der Waals surface area contributed by atoms with Gasteiger partial charge in [0.25, 0.3) is 0 Å². The summed E-state index contributed by atoms with van der Waals surface area (Å²) in [6, 6.07) is 0. The van der Waals surface area contributed by atoms with Gasteiger partial charge in [-0.1, -0.05) is 42.8 Å². The van der Waals surface area contributed by atoms with E-state index < -0.39 is 63.2 Å². The number of aliphatic hydroxyl groups is 2. The summed E-state index contributed by atoms with van der Waals surface area (Å²) >= 11 is 3.83. The summed E-state index contributed by atoms with van der Waals surface area (Å²) in [5.74, 6) is -2.62. The molecule has 0 aromatic rings. The zero-order valence-corrected chi connectivity index (χ0v) is 20.3. The van der Waals surface area contributed by atoms with Crippen molar-refractivity contribution in [3.63, 3.8) is 0 Å². The molecule has 32 heavy (non-hydrogen) atoms. The van der Waals surface area contributed by atoms with E-state index in [4.69, 9.17) is 4.74 Å². The van der Waals surface area contributed by atoms with Gasteiger partial charge < -0.3 is 14.9 Å². The van der Waals surface area contributed by atoms with E-state index in [9.17, 15) is 24.6 Å². The number of halogens is 2. The fraction of sp³-hybridized carbons (Fsp3) is 0.708. The lowest BCUT2D eigenvalue weighted by atomic mass is 9.45. The molecule has 4 aliphatic carbocycles. The van der Waals surface area contributed by atoms with E-state index in [2.05, 4.69) is 15.9 Å². The van der Waals surface area contributed by atoms with Crippen LogP contribution in [-0.2, 0) is 19.1 Å². The number of allylic oxidation sites excluding steroid dienone is 4. The van der Waals surface area contributed by atoms with Gasteiger partial charge in [0.2, 0.25) is 5.78 Å². The normalized spacial score (nSPS) is 49.6. The van der Waals surface area contributed by atoms with Crippen molar-refractivity contribution in [3.8, 4) is 0 Å². The van der Waals surface area contributed by atoms with Crippen LogP contribution in [0.15, 0.2) is 23.8 Å². The molecule has 4 rings (SSSR count). The van der Waals surface area contributed by atoms with Crippen LogP contribution < -0.4 is 0 Å². The van der Waals surface area contributed by atoms with E-state index in [0.717, 1.165) is 0 Å². The second-order valence-corrected chi connectivity index (χ2v) is 11.8. The molecular formula is C24H30BrFO6. The van der Waals surface area contributed by atoms with Gasteiger partial charge in [0, 0.05) is 17.8 Å². The van der Waals surface area contributed by atoms with Crippen LogP contribution in [0.2, 0.25) is 0 Å². The second-order valence-electron chi connectivity index (χ2n) is 10.5. The fourth-order valence-electron chi connectivity index (χ4n) is 7.41. The van der Waals surface area contributed by atoms with Crippen molar-refractivity contribution >= 4 is 33.5 Å². The molecule has 0 saturated heterocycles. The number of rotatable bonds is 3. The number of carbonyl (C=O) groups excluding carboxylic acids is 3. The largest absolute Gasteiger partial charge is 0.458 e. The minimum Gasteiger partial charge on any atom is -0.458 e. The number of Topliss-reactive ketones (excluding diaryl/α,β-unsaturated/α-hetero) is 1. The van der Waals surface area contributed by atoms with Gasteiger partial charge in [0.05, 0.1) is 10.4 Å². The maximum absolute atomic E-state index is 15.5. The molecule has 0 heterocycles. The number of esters is 1. The smallest absolute Gasteiger partial charge is 0.303 e. The average Bonchev–Trinajstić information content (AvgIpc) is 2.91. The van der Waals surface area contributed by atoms with Gasteiger partial charge in [-0.05, 0) is 54.7 Å². The fourth-order valence-corrected chi connectivity index (χ4v) is 8.44. The maximum Gasteiger partial charge on any atom is 0.303 e. The lowest BCUT2D eigenvalue weighted by molar-refractivity contribution is -0.182.